The van der Waals surface area contributed by atoms with E-state index in [0.29, 0.717) is 5.92 Å². The van der Waals surface area contributed by atoms with Crippen LogP contribution in [0.15, 0.2) is 30.5 Å². The molecule has 0 spiro atoms. The third kappa shape index (κ3) is 3.44. The van der Waals surface area contributed by atoms with Crippen LogP contribution in [0.2, 0.25) is 0 Å². The molecule has 1 aliphatic heterocycles. The maximum Gasteiger partial charge on any atom is 0.0679 e. The third-order valence-electron chi connectivity index (χ3n) is 3.82. The van der Waals surface area contributed by atoms with Crippen molar-refractivity contribution in [2.24, 2.45) is 5.92 Å². The first kappa shape index (κ1) is 13.8. The van der Waals surface area contributed by atoms with Crippen molar-refractivity contribution in [2.75, 3.05) is 13.1 Å². The molecule has 2 N–H and O–H groups in total. The summed E-state index contributed by atoms with van der Waals surface area (Å²) >= 11 is 0. The van der Waals surface area contributed by atoms with Gasteiger partial charge in [-0.3, -0.25) is 5.10 Å². The van der Waals surface area contributed by atoms with Crippen molar-refractivity contribution < 1.29 is 0 Å². The van der Waals surface area contributed by atoms with Crippen LogP contribution in [0.3, 0.4) is 0 Å². The van der Waals surface area contributed by atoms with Gasteiger partial charge >= 0.3 is 0 Å². The fourth-order valence-corrected chi connectivity index (χ4v) is 2.48. The molecule has 19 heavy (non-hydrogen) atoms. The number of aromatic nitrogens is 2. The summed E-state index contributed by atoms with van der Waals surface area (Å²) in [5, 5.41) is 10.6. The summed E-state index contributed by atoms with van der Waals surface area (Å²) in [4.78, 5) is 0. The number of nitrogens with zero attached hydrogens (tertiary/aromatic N) is 1. The first-order valence-corrected chi connectivity index (χ1v) is 6.94. The molecule has 1 fully saturated rings. The first-order valence-electron chi connectivity index (χ1n) is 6.94. The molecule has 0 radical (unpaired) electrons. The minimum Gasteiger partial charge on any atom is -0.316 e. The monoisotopic (exact) mass is 257 g/mol. The lowest BCUT2D eigenvalue weighted by molar-refractivity contribution is 0.422. The minimum atomic E-state index is 0.679. The van der Waals surface area contributed by atoms with Gasteiger partial charge in [0.25, 0.3) is 0 Å². The van der Waals surface area contributed by atoms with E-state index in [-0.39, 0.29) is 0 Å². The summed E-state index contributed by atoms with van der Waals surface area (Å²) in [7, 11) is 0. The smallest absolute Gasteiger partial charge is 0.0679 e. The van der Waals surface area contributed by atoms with E-state index >= 15 is 0 Å². The van der Waals surface area contributed by atoms with Crippen LogP contribution in [0.1, 0.15) is 37.9 Å². The molecule has 3 heteroatoms. The zero-order chi connectivity index (χ0) is 13.7. The molecule has 2 rings (SSSR count). The average molecular weight is 257 g/mol. The molecule has 0 aromatic carbocycles. The summed E-state index contributed by atoms with van der Waals surface area (Å²) in [5.41, 5.74) is 4.75. The lowest BCUT2D eigenvalue weighted by Crippen LogP contribution is -2.30. The molecule has 3 nitrogen and oxygen atoms in total. The Bertz CT molecular complexity index is 488. The Hall–Kier alpha value is -1.61. The van der Waals surface area contributed by atoms with Crippen molar-refractivity contribution in [1.82, 2.24) is 15.5 Å². The molecule has 0 amide bonds. The predicted octanol–water partition coefficient (Wildman–Crippen LogP) is 3.40. The van der Waals surface area contributed by atoms with Crippen LogP contribution in [0.4, 0.5) is 0 Å². The molecule has 1 aliphatic rings. The van der Waals surface area contributed by atoms with Crippen LogP contribution < -0.4 is 5.32 Å². The molecule has 0 bridgehead atoms. The van der Waals surface area contributed by atoms with Gasteiger partial charge in [0.1, 0.15) is 0 Å². The number of hydrogen-bond donors (Lipinski definition) is 2. The maximum atomic E-state index is 4.06. The Morgan fingerprint density at radius 3 is 2.95 bits per heavy atom. The average Bonchev–Trinajstić information content (AvgIpc) is 2.93. The highest BCUT2D eigenvalue weighted by atomic mass is 15.1. The highest BCUT2D eigenvalue weighted by Gasteiger charge is 2.13. The summed E-state index contributed by atoms with van der Waals surface area (Å²) in [6.45, 7) is 10.4. The minimum absolute atomic E-state index is 0.679. The Kier molecular flexibility index (Phi) is 4.74. The van der Waals surface area contributed by atoms with Crippen molar-refractivity contribution in [3.63, 3.8) is 0 Å². The Morgan fingerprint density at radius 1 is 1.42 bits per heavy atom. The van der Waals surface area contributed by atoms with Gasteiger partial charge < -0.3 is 5.32 Å². The van der Waals surface area contributed by atoms with Crippen molar-refractivity contribution >= 4 is 11.6 Å². The largest absolute Gasteiger partial charge is 0.316 e. The number of aromatic amines is 1. The van der Waals surface area contributed by atoms with Gasteiger partial charge in [-0.2, -0.15) is 5.10 Å². The molecule has 102 valence electrons. The van der Waals surface area contributed by atoms with Gasteiger partial charge in [-0.25, -0.2) is 0 Å². The van der Waals surface area contributed by atoms with E-state index in [1.807, 2.05) is 6.08 Å². The Balaban J connectivity index is 2.10. The van der Waals surface area contributed by atoms with Crippen molar-refractivity contribution in [2.45, 2.75) is 26.7 Å². The van der Waals surface area contributed by atoms with E-state index in [0.717, 1.165) is 24.3 Å². The summed E-state index contributed by atoms with van der Waals surface area (Å²) in [5.74, 6) is 0.679. The molecule has 1 unspecified atom stereocenters. The van der Waals surface area contributed by atoms with E-state index in [1.54, 1.807) is 6.20 Å². The number of allylic oxidation sites excluding steroid dienone is 3. The van der Waals surface area contributed by atoms with Crippen LogP contribution in [0.25, 0.3) is 11.6 Å². The van der Waals surface area contributed by atoms with Gasteiger partial charge in [-0.05, 0) is 44.7 Å². The summed E-state index contributed by atoms with van der Waals surface area (Å²) < 4.78 is 0. The highest BCUT2D eigenvalue weighted by molar-refractivity contribution is 5.70. The fourth-order valence-electron chi connectivity index (χ4n) is 2.48. The number of piperidine rings is 1. The van der Waals surface area contributed by atoms with E-state index in [9.17, 15) is 0 Å². The van der Waals surface area contributed by atoms with Crippen LogP contribution in [0, 0.1) is 5.92 Å². The second kappa shape index (κ2) is 6.53. The Labute approximate surface area is 115 Å². The lowest BCUT2D eigenvalue weighted by atomic mass is 9.92. The Morgan fingerprint density at radius 2 is 2.26 bits per heavy atom. The number of nitrogens with one attached hydrogen (secondary N) is 2. The maximum absolute atomic E-state index is 4.06. The summed E-state index contributed by atoms with van der Waals surface area (Å²) in [6.07, 6.45) is 10.6. The standard InChI is InChI=1S/C16H23N3/c1-4-14-11-18-19-16(14)13(3)8-7-12(2)15-6-5-9-17-10-15/h4,7-8,11,15,17H,1,5-6,9-10H2,2-3H3,(H,18,19)/b12-7+,13-8+. The van der Waals surface area contributed by atoms with E-state index in [1.165, 1.54) is 24.0 Å². The molecular weight excluding hydrogens is 234 g/mol. The molecule has 0 aliphatic carbocycles. The van der Waals surface area contributed by atoms with Crippen molar-refractivity contribution in [1.29, 1.82) is 0 Å². The zero-order valence-corrected chi connectivity index (χ0v) is 11.9. The topological polar surface area (TPSA) is 40.7 Å². The number of hydrogen-bond acceptors (Lipinski definition) is 2. The van der Waals surface area contributed by atoms with Gasteiger partial charge in [-0.1, -0.05) is 30.4 Å². The second-order valence-electron chi connectivity index (χ2n) is 5.21. The first-order chi connectivity index (χ1) is 9.22. The van der Waals surface area contributed by atoms with Gasteiger partial charge in [0.2, 0.25) is 0 Å². The number of H-pyrrole nitrogens is 1. The molecule has 1 aromatic heterocycles. The SMILES string of the molecule is C=Cc1cn[nH]c1/C(C)=C/C=C(\C)C1CCCNC1. The van der Waals surface area contributed by atoms with Crippen LogP contribution in [-0.4, -0.2) is 23.3 Å². The molecule has 0 saturated carbocycles. The van der Waals surface area contributed by atoms with Crippen LogP contribution in [0.5, 0.6) is 0 Å². The summed E-state index contributed by atoms with van der Waals surface area (Å²) in [6, 6.07) is 0. The van der Waals surface area contributed by atoms with E-state index in [2.05, 4.69) is 48.1 Å². The quantitative estimate of drug-likeness (QED) is 0.812. The molecular formula is C16H23N3. The molecule has 1 atom stereocenters. The van der Waals surface area contributed by atoms with E-state index in [4.69, 9.17) is 0 Å². The normalized spacial score (nSPS) is 21.5. The fraction of sp³-hybridized carbons (Fsp3) is 0.438. The predicted molar refractivity (Wildman–Crippen MR) is 81.7 cm³/mol. The number of rotatable bonds is 4. The van der Waals surface area contributed by atoms with Crippen molar-refractivity contribution in [3.8, 4) is 0 Å². The van der Waals surface area contributed by atoms with E-state index < -0.39 is 0 Å². The molecule has 1 saturated heterocycles. The zero-order valence-electron chi connectivity index (χ0n) is 11.9. The second-order valence-corrected chi connectivity index (χ2v) is 5.21. The van der Waals surface area contributed by atoms with Crippen LogP contribution >= 0.6 is 0 Å². The molecule has 2 heterocycles. The highest BCUT2D eigenvalue weighted by Crippen LogP contribution is 2.21. The van der Waals surface area contributed by atoms with Gasteiger partial charge in [-0.15, -0.1) is 0 Å². The van der Waals surface area contributed by atoms with Gasteiger partial charge in [0, 0.05) is 12.1 Å². The van der Waals surface area contributed by atoms with Gasteiger partial charge in [0.15, 0.2) is 0 Å². The third-order valence-corrected chi connectivity index (χ3v) is 3.82. The van der Waals surface area contributed by atoms with Crippen LogP contribution in [-0.2, 0) is 0 Å². The lowest BCUT2D eigenvalue weighted by Gasteiger charge is -2.23. The van der Waals surface area contributed by atoms with Crippen molar-refractivity contribution in [3.05, 3.63) is 41.8 Å². The van der Waals surface area contributed by atoms with Gasteiger partial charge in [0.05, 0.1) is 11.9 Å². The molecule has 1 aromatic rings.